The molecule has 0 radical (unpaired) electrons. The molecular formula is C26H33N5O2. The summed E-state index contributed by atoms with van der Waals surface area (Å²) in [4.78, 5) is 36.7. The largest absolute Gasteiger partial charge is 0.356 e. The van der Waals surface area contributed by atoms with E-state index in [9.17, 15) is 9.59 Å². The maximum atomic E-state index is 12.3. The third kappa shape index (κ3) is 6.27. The number of hydrogen-bond donors (Lipinski definition) is 2. The monoisotopic (exact) mass is 447 g/mol. The zero-order chi connectivity index (χ0) is 23.0. The van der Waals surface area contributed by atoms with Gasteiger partial charge in [0.1, 0.15) is 5.82 Å². The third-order valence-electron chi connectivity index (χ3n) is 6.30. The molecule has 4 rings (SSSR count). The topological polar surface area (TPSA) is 81.3 Å². The van der Waals surface area contributed by atoms with Crippen molar-refractivity contribution in [2.75, 3.05) is 39.8 Å². The average Bonchev–Trinajstić information content (AvgIpc) is 2.83. The Morgan fingerprint density at radius 3 is 2.73 bits per heavy atom. The van der Waals surface area contributed by atoms with Gasteiger partial charge in [-0.3, -0.25) is 14.5 Å². The highest BCUT2D eigenvalue weighted by Crippen LogP contribution is 2.24. The van der Waals surface area contributed by atoms with Crippen molar-refractivity contribution in [3.8, 4) is 0 Å². The molecule has 1 fully saturated rings. The van der Waals surface area contributed by atoms with E-state index in [1.165, 1.54) is 5.56 Å². The van der Waals surface area contributed by atoms with Crippen molar-refractivity contribution in [2.45, 2.75) is 31.7 Å². The lowest BCUT2D eigenvalue weighted by Crippen LogP contribution is -2.47. The molecule has 3 aromatic rings. The van der Waals surface area contributed by atoms with E-state index in [1.807, 2.05) is 18.2 Å². The van der Waals surface area contributed by atoms with Gasteiger partial charge in [0.25, 0.3) is 5.56 Å². The van der Waals surface area contributed by atoms with E-state index < -0.39 is 0 Å². The van der Waals surface area contributed by atoms with Gasteiger partial charge in [-0.25, -0.2) is 4.98 Å². The summed E-state index contributed by atoms with van der Waals surface area (Å²) >= 11 is 0. The molecule has 2 heterocycles. The molecule has 1 saturated heterocycles. The van der Waals surface area contributed by atoms with E-state index in [-0.39, 0.29) is 11.5 Å². The molecule has 0 aliphatic carbocycles. The van der Waals surface area contributed by atoms with Crippen LogP contribution in [-0.4, -0.2) is 65.4 Å². The summed E-state index contributed by atoms with van der Waals surface area (Å²) in [5, 5.41) is 3.64. The lowest BCUT2D eigenvalue weighted by Gasteiger charge is -2.40. The molecule has 1 aliphatic heterocycles. The summed E-state index contributed by atoms with van der Waals surface area (Å²) < 4.78 is 0. The van der Waals surface area contributed by atoms with Gasteiger partial charge in [-0.1, -0.05) is 42.5 Å². The molecule has 1 aromatic heterocycles. The molecular weight excluding hydrogens is 414 g/mol. The van der Waals surface area contributed by atoms with Crippen molar-refractivity contribution >= 4 is 16.8 Å². The van der Waals surface area contributed by atoms with Gasteiger partial charge in [-0.15, -0.1) is 0 Å². The van der Waals surface area contributed by atoms with Gasteiger partial charge in [0, 0.05) is 51.6 Å². The first-order chi connectivity index (χ1) is 16.1. The van der Waals surface area contributed by atoms with Crippen LogP contribution in [0.25, 0.3) is 10.9 Å². The SMILES string of the molecule is CN1CCN(CCCNC(=O)CCCc2nc3ccccc3c(=O)[nH]2)C(c2ccccc2)C1. The molecule has 0 saturated carbocycles. The van der Waals surface area contributed by atoms with Crippen LogP contribution >= 0.6 is 0 Å². The summed E-state index contributed by atoms with van der Waals surface area (Å²) in [7, 11) is 2.18. The number of fused-ring (bicyclic) bond motifs is 1. The van der Waals surface area contributed by atoms with Gasteiger partial charge in [0.2, 0.25) is 5.91 Å². The van der Waals surface area contributed by atoms with Crippen molar-refractivity contribution in [3.05, 3.63) is 76.3 Å². The molecule has 2 N–H and O–H groups in total. The standard InChI is InChI=1S/C26H33N5O2/c1-30-17-18-31(23(19-30)20-9-3-2-4-10-20)16-8-15-27-25(32)14-7-13-24-28-22-12-6-5-11-21(22)26(33)29-24/h2-6,9-12,23H,7-8,13-19H2,1H3,(H,27,32)(H,28,29,33). The fourth-order valence-electron chi connectivity index (χ4n) is 4.48. The van der Waals surface area contributed by atoms with E-state index >= 15 is 0 Å². The molecule has 2 aromatic carbocycles. The van der Waals surface area contributed by atoms with Crippen molar-refractivity contribution in [3.63, 3.8) is 0 Å². The lowest BCUT2D eigenvalue weighted by molar-refractivity contribution is -0.121. The minimum atomic E-state index is -0.127. The minimum Gasteiger partial charge on any atom is -0.356 e. The van der Waals surface area contributed by atoms with Crippen LogP contribution in [0, 0.1) is 0 Å². The zero-order valence-electron chi connectivity index (χ0n) is 19.3. The summed E-state index contributed by atoms with van der Waals surface area (Å²) in [5.41, 5.74) is 1.92. The number of amides is 1. The quantitative estimate of drug-likeness (QED) is 0.493. The molecule has 1 aliphatic rings. The lowest BCUT2D eigenvalue weighted by atomic mass is 10.0. The van der Waals surface area contributed by atoms with E-state index in [4.69, 9.17) is 0 Å². The molecule has 1 atom stereocenters. The van der Waals surface area contributed by atoms with Crippen LogP contribution in [0.4, 0.5) is 0 Å². The van der Waals surface area contributed by atoms with Gasteiger partial charge in [0.05, 0.1) is 10.9 Å². The number of para-hydroxylation sites is 1. The molecule has 174 valence electrons. The number of nitrogens with zero attached hydrogens (tertiary/aromatic N) is 3. The Hall–Kier alpha value is -3.03. The minimum absolute atomic E-state index is 0.0520. The van der Waals surface area contributed by atoms with E-state index in [0.29, 0.717) is 48.6 Å². The molecule has 1 unspecified atom stereocenters. The number of hydrogen-bond acceptors (Lipinski definition) is 5. The van der Waals surface area contributed by atoms with Crippen LogP contribution in [0.2, 0.25) is 0 Å². The van der Waals surface area contributed by atoms with Gasteiger partial charge >= 0.3 is 0 Å². The third-order valence-corrected chi connectivity index (χ3v) is 6.30. The summed E-state index contributed by atoms with van der Waals surface area (Å²) in [6, 6.07) is 18.4. The Morgan fingerprint density at radius 2 is 1.88 bits per heavy atom. The summed E-state index contributed by atoms with van der Waals surface area (Å²) in [6.45, 7) is 4.79. The Labute approximate surface area is 194 Å². The van der Waals surface area contributed by atoms with Crippen molar-refractivity contribution in [2.24, 2.45) is 0 Å². The highest BCUT2D eigenvalue weighted by atomic mass is 16.1. The first-order valence-electron chi connectivity index (χ1n) is 11.8. The first kappa shape index (κ1) is 23.1. The van der Waals surface area contributed by atoms with Gasteiger partial charge < -0.3 is 15.2 Å². The van der Waals surface area contributed by atoms with E-state index in [2.05, 4.69) is 62.5 Å². The Balaban J connectivity index is 1.19. The van der Waals surface area contributed by atoms with Crippen molar-refractivity contribution in [1.82, 2.24) is 25.1 Å². The predicted molar refractivity (Wildman–Crippen MR) is 131 cm³/mol. The highest BCUT2D eigenvalue weighted by molar-refractivity contribution is 5.77. The average molecular weight is 448 g/mol. The maximum absolute atomic E-state index is 12.3. The fraction of sp³-hybridized carbons (Fsp3) is 0.423. The number of H-pyrrole nitrogens is 1. The van der Waals surface area contributed by atoms with Gasteiger partial charge in [-0.05, 0) is 37.6 Å². The molecule has 0 spiro atoms. The molecule has 0 bridgehead atoms. The number of aryl methyl sites for hydroxylation is 1. The number of carbonyl (C=O) groups is 1. The van der Waals surface area contributed by atoms with Crippen LogP contribution in [0.5, 0.6) is 0 Å². The predicted octanol–water partition coefficient (Wildman–Crippen LogP) is 2.74. The summed E-state index contributed by atoms with van der Waals surface area (Å²) in [6.07, 6.45) is 2.59. The Kier molecular flexibility index (Phi) is 7.86. The van der Waals surface area contributed by atoms with Crippen LogP contribution in [-0.2, 0) is 11.2 Å². The maximum Gasteiger partial charge on any atom is 0.258 e. The zero-order valence-corrected chi connectivity index (χ0v) is 19.3. The highest BCUT2D eigenvalue weighted by Gasteiger charge is 2.25. The molecule has 7 nitrogen and oxygen atoms in total. The molecule has 33 heavy (non-hydrogen) atoms. The molecule has 1 amide bonds. The molecule has 7 heteroatoms. The Bertz CT molecular complexity index is 1110. The van der Waals surface area contributed by atoms with Crippen LogP contribution in [0.15, 0.2) is 59.4 Å². The number of benzene rings is 2. The van der Waals surface area contributed by atoms with E-state index in [1.54, 1.807) is 6.07 Å². The van der Waals surface area contributed by atoms with Crippen molar-refractivity contribution in [1.29, 1.82) is 0 Å². The van der Waals surface area contributed by atoms with Crippen molar-refractivity contribution < 1.29 is 4.79 Å². The second-order valence-electron chi connectivity index (χ2n) is 8.81. The number of aromatic amines is 1. The fourth-order valence-corrected chi connectivity index (χ4v) is 4.48. The normalized spacial score (nSPS) is 17.3. The van der Waals surface area contributed by atoms with Crippen LogP contribution < -0.4 is 10.9 Å². The smallest absolute Gasteiger partial charge is 0.258 e. The second kappa shape index (κ2) is 11.2. The van der Waals surface area contributed by atoms with E-state index in [0.717, 1.165) is 32.6 Å². The van der Waals surface area contributed by atoms with Crippen LogP contribution in [0.3, 0.4) is 0 Å². The first-order valence-corrected chi connectivity index (χ1v) is 11.8. The van der Waals surface area contributed by atoms with Gasteiger partial charge in [-0.2, -0.15) is 0 Å². The second-order valence-corrected chi connectivity index (χ2v) is 8.81. The van der Waals surface area contributed by atoms with Gasteiger partial charge in [0.15, 0.2) is 0 Å². The number of carbonyl (C=O) groups excluding carboxylic acids is 1. The number of rotatable bonds is 9. The number of aromatic nitrogens is 2. The summed E-state index contributed by atoms with van der Waals surface area (Å²) in [5.74, 6) is 0.685. The number of likely N-dealkylation sites (N-methyl/N-ethyl adjacent to an activating group) is 1. The Morgan fingerprint density at radius 1 is 1.09 bits per heavy atom. The number of nitrogens with one attached hydrogen (secondary N) is 2. The number of piperazine rings is 1. The van der Waals surface area contributed by atoms with Crippen LogP contribution in [0.1, 0.15) is 36.7 Å².